The van der Waals surface area contributed by atoms with E-state index in [1.165, 1.54) is 0 Å². The SMILES string of the molecule is CCCOCCONC(=O)CC(C)(C)C. The molecule has 0 fully saturated rings. The minimum Gasteiger partial charge on any atom is -0.379 e. The van der Waals surface area contributed by atoms with Crippen LogP contribution in [-0.4, -0.2) is 25.7 Å². The number of hydrogen-bond donors (Lipinski definition) is 1. The minimum absolute atomic E-state index is 0.00778. The van der Waals surface area contributed by atoms with Gasteiger partial charge < -0.3 is 4.74 Å². The Morgan fingerprint density at radius 3 is 2.40 bits per heavy atom. The van der Waals surface area contributed by atoms with E-state index in [4.69, 9.17) is 9.57 Å². The Bertz CT molecular complexity index is 175. The summed E-state index contributed by atoms with van der Waals surface area (Å²) in [6, 6.07) is 0. The van der Waals surface area contributed by atoms with Crippen LogP contribution in [0.25, 0.3) is 0 Å². The fraction of sp³-hybridized carbons (Fsp3) is 0.909. The van der Waals surface area contributed by atoms with Gasteiger partial charge in [0.25, 0.3) is 0 Å². The molecule has 0 aromatic carbocycles. The van der Waals surface area contributed by atoms with Crippen LogP contribution < -0.4 is 5.48 Å². The quantitative estimate of drug-likeness (QED) is 0.523. The summed E-state index contributed by atoms with van der Waals surface area (Å²) in [5, 5.41) is 0. The van der Waals surface area contributed by atoms with Gasteiger partial charge in [0.2, 0.25) is 5.91 Å². The molecule has 0 aliphatic heterocycles. The van der Waals surface area contributed by atoms with Gasteiger partial charge in [-0.25, -0.2) is 5.48 Å². The number of rotatable bonds is 7. The van der Waals surface area contributed by atoms with Crippen molar-refractivity contribution in [2.24, 2.45) is 5.41 Å². The van der Waals surface area contributed by atoms with Gasteiger partial charge in [-0.15, -0.1) is 0 Å². The Morgan fingerprint density at radius 1 is 1.20 bits per heavy atom. The van der Waals surface area contributed by atoms with Crippen LogP contribution in [0.3, 0.4) is 0 Å². The van der Waals surface area contributed by atoms with Crippen LogP contribution in [0.5, 0.6) is 0 Å². The van der Waals surface area contributed by atoms with E-state index in [1.807, 2.05) is 27.7 Å². The first-order valence-corrected chi connectivity index (χ1v) is 5.44. The molecule has 0 radical (unpaired) electrons. The Labute approximate surface area is 92.3 Å². The molecule has 0 atom stereocenters. The minimum atomic E-state index is -0.0852. The van der Waals surface area contributed by atoms with Crippen LogP contribution in [0.1, 0.15) is 40.5 Å². The zero-order valence-electron chi connectivity index (χ0n) is 10.3. The van der Waals surface area contributed by atoms with E-state index in [1.54, 1.807) is 0 Å². The number of hydrogen-bond acceptors (Lipinski definition) is 3. The van der Waals surface area contributed by atoms with Crippen molar-refractivity contribution in [3.8, 4) is 0 Å². The average Bonchev–Trinajstić information content (AvgIpc) is 2.08. The van der Waals surface area contributed by atoms with E-state index in [9.17, 15) is 4.79 Å². The van der Waals surface area contributed by atoms with Crippen LogP contribution in [-0.2, 0) is 14.4 Å². The number of carbonyl (C=O) groups is 1. The summed E-state index contributed by atoms with van der Waals surface area (Å²) in [6.07, 6.45) is 1.46. The maximum atomic E-state index is 11.3. The fourth-order valence-electron chi connectivity index (χ4n) is 0.996. The topological polar surface area (TPSA) is 47.6 Å². The fourth-order valence-corrected chi connectivity index (χ4v) is 0.996. The highest BCUT2D eigenvalue weighted by Crippen LogP contribution is 2.17. The van der Waals surface area contributed by atoms with Crippen LogP contribution >= 0.6 is 0 Å². The summed E-state index contributed by atoms with van der Waals surface area (Å²) >= 11 is 0. The molecule has 0 saturated carbocycles. The van der Waals surface area contributed by atoms with Gasteiger partial charge in [0.05, 0.1) is 13.2 Å². The van der Waals surface area contributed by atoms with E-state index in [0.29, 0.717) is 19.6 Å². The smallest absolute Gasteiger partial charge is 0.244 e. The number of amides is 1. The number of hydroxylamine groups is 1. The van der Waals surface area contributed by atoms with E-state index < -0.39 is 0 Å². The molecule has 0 bridgehead atoms. The molecule has 4 heteroatoms. The summed E-state index contributed by atoms with van der Waals surface area (Å²) in [5.41, 5.74) is 2.39. The highest BCUT2D eigenvalue weighted by atomic mass is 16.7. The number of nitrogens with one attached hydrogen (secondary N) is 1. The zero-order chi connectivity index (χ0) is 11.7. The lowest BCUT2D eigenvalue weighted by molar-refractivity contribution is -0.136. The van der Waals surface area contributed by atoms with Crippen molar-refractivity contribution < 1.29 is 14.4 Å². The first-order valence-electron chi connectivity index (χ1n) is 5.44. The Hall–Kier alpha value is -0.610. The predicted octanol–water partition coefficient (Wildman–Crippen LogP) is 1.90. The molecule has 90 valence electrons. The van der Waals surface area contributed by atoms with Crippen LogP contribution in [0.2, 0.25) is 0 Å². The van der Waals surface area contributed by atoms with Gasteiger partial charge in [0.1, 0.15) is 0 Å². The second-order valence-corrected chi connectivity index (χ2v) is 4.72. The third-order valence-electron chi connectivity index (χ3n) is 1.56. The van der Waals surface area contributed by atoms with E-state index >= 15 is 0 Å². The Morgan fingerprint density at radius 2 is 1.87 bits per heavy atom. The van der Waals surface area contributed by atoms with E-state index in [0.717, 1.165) is 13.0 Å². The molecule has 0 spiro atoms. The molecule has 0 aromatic rings. The first-order chi connectivity index (χ1) is 6.95. The molecular formula is C11H23NO3. The first kappa shape index (κ1) is 14.4. The van der Waals surface area contributed by atoms with Crippen molar-refractivity contribution in [2.45, 2.75) is 40.5 Å². The number of carbonyl (C=O) groups excluding carboxylic acids is 1. The lowest BCUT2D eigenvalue weighted by Gasteiger charge is -2.16. The van der Waals surface area contributed by atoms with Crippen molar-refractivity contribution in [2.75, 3.05) is 19.8 Å². The summed E-state index contributed by atoms with van der Waals surface area (Å²) < 4.78 is 5.19. The standard InChI is InChI=1S/C11H23NO3/c1-5-6-14-7-8-15-12-10(13)9-11(2,3)4/h5-9H2,1-4H3,(H,12,13). The van der Waals surface area contributed by atoms with Gasteiger partial charge in [-0.05, 0) is 11.8 Å². The molecule has 0 heterocycles. The highest BCUT2D eigenvalue weighted by Gasteiger charge is 2.15. The maximum Gasteiger partial charge on any atom is 0.244 e. The van der Waals surface area contributed by atoms with Crippen molar-refractivity contribution >= 4 is 5.91 Å². The van der Waals surface area contributed by atoms with Gasteiger partial charge >= 0.3 is 0 Å². The second-order valence-electron chi connectivity index (χ2n) is 4.72. The third kappa shape index (κ3) is 11.3. The molecule has 15 heavy (non-hydrogen) atoms. The highest BCUT2D eigenvalue weighted by molar-refractivity contribution is 5.75. The molecule has 4 nitrogen and oxygen atoms in total. The van der Waals surface area contributed by atoms with Crippen molar-refractivity contribution in [3.63, 3.8) is 0 Å². The van der Waals surface area contributed by atoms with Crippen LogP contribution in [0.15, 0.2) is 0 Å². The average molecular weight is 217 g/mol. The molecule has 0 aromatic heterocycles. The monoisotopic (exact) mass is 217 g/mol. The third-order valence-corrected chi connectivity index (χ3v) is 1.56. The molecule has 1 amide bonds. The molecule has 0 unspecified atom stereocenters. The van der Waals surface area contributed by atoms with Crippen molar-refractivity contribution in [3.05, 3.63) is 0 Å². The van der Waals surface area contributed by atoms with Crippen molar-refractivity contribution in [1.82, 2.24) is 5.48 Å². The molecule has 1 N–H and O–H groups in total. The number of ether oxygens (including phenoxy) is 1. The van der Waals surface area contributed by atoms with Gasteiger partial charge in [-0.2, -0.15) is 0 Å². The second kappa shape index (κ2) is 7.65. The van der Waals surface area contributed by atoms with Gasteiger partial charge in [0.15, 0.2) is 0 Å². The zero-order valence-corrected chi connectivity index (χ0v) is 10.3. The molecule has 0 aliphatic carbocycles. The Balaban J connectivity index is 3.32. The molecule has 0 rings (SSSR count). The van der Waals surface area contributed by atoms with Crippen LogP contribution in [0.4, 0.5) is 0 Å². The largest absolute Gasteiger partial charge is 0.379 e. The van der Waals surface area contributed by atoms with Crippen molar-refractivity contribution in [1.29, 1.82) is 0 Å². The van der Waals surface area contributed by atoms with E-state index in [-0.39, 0.29) is 11.3 Å². The summed E-state index contributed by atoms with van der Waals surface area (Å²) in [4.78, 5) is 16.2. The Kier molecular flexibility index (Phi) is 7.34. The van der Waals surface area contributed by atoms with Gasteiger partial charge in [-0.1, -0.05) is 27.7 Å². The van der Waals surface area contributed by atoms with Crippen LogP contribution in [0, 0.1) is 5.41 Å². The molecule has 0 aliphatic rings. The predicted molar refractivity (Wildman–Crippen MR) is 59.3 cm³/mol. The summed E-state index contributed by atoms with van der Waals surface area (Å²) in [6.45, 7) is 9.73. The van der Waals surface area contributed by atoms with Gasteiger partial charge in [-0.3, -0.25) is 9.63 Å². The van der Waals surface area contributed by atoms with E-state index in [2.05, 4.69) is 5.48 Å². The van der Waals surface area contributed by atoms with Gasteiger partial charge in [0, 0.05) is 13.0 Å². The molecule has 0 saturated heterocycles. The lowest BCUT2D eigenvalue weighted by Crippen LogP contribution is -2.29. The normalized spacial score (nSPS) is 11.5. The maximum absolute atomic E-state index is 11.3. The summed E-state index contributed by atoms with van der Waals surface area (Å²) in [7, 11) is 0. The summed E-state index contributed by atoms with van der Waals surface area (Å²) in [5.74, 6) is -0.0852. The lowest BCUT2D eigenvalue weighted by atomic mass is 9.92. The molecular weight excluding hydrogens is 194 g/mol.